The summed E-state index contributed by atoms with van der Waals surface area (Å²) in [6, 6.07) is 49.8. The second-order valence-electron chi connectivity index (χ2n) is 19.8. The summed E-state index contributed by atoms with van der Waals surface area (Å²) in [4.78, 5) is 0. The smallest absolute Gasteiger partial charge is 0.0717 e. The zero-order valence-electron chi connectivity index (χ0n) is 40.7. The molecule has 2 aliphatic heterocycles. The largest absolute Gasteiger partial charge is 0.381 e. The van der Waals surface area contributed by atoms with Crippen molar-refractivity contribution < 1.29 is 28.4 Å². The molecule has 0 N–H and O–H groups in total. The fourth-order valence-electron chi connectivity index (χ4n) is 10.1. The highest BCUT2D eigenvalue weighted by atomic mass is 32.1. The van der Waals surface area contributed by atoms with Gasteiger partial charge < -0.3 is 28.4 Å². The van der Waals surface area contributed by atoms with Crippen molar-refractivity contribution >= 4 is 53.1 Å². The minimum absolute atomic E-state index is 0.263. The van der Waals surface area contributed by atoms with Crippen molar-refractivity contribution in [1.82, 2.24) is 0 Å². The highest BCUT2D eigenvalue weighted by Crippen LogP contribution is 2.44. The molecule has 3 heterocycles. The molecule has 0 atom stereocenters. The van der Waals surface area contributed by atoms with E-state index in [1.54, 1.807) is 0 Å². The Labute approximate surface area is 412 Å². The first-order valence-corrected chi connectivity index (χ1v) is 26.4. The lowest BCUT2D eigenvalue weighted by atomic mass is 9.84. The summed E-state index contributed by atoms with van der Waals surface area (Å²) in [6.45, 7) is 13.9. The summed E-state index contributed by atoms with van der Waals surface area (Å²) >= 11 is 1.86. The van der Waals surface area contributed by atoms with Crippen molar-refractivity contribution in [2.45, 2.75) is 78.4 Å². The first-order chi connectivity index (χ1) is 34.0. The van der Waals surface area contributed by atoms with Crippen LogP contribution in [0.2, 0.25) is 0 Å². The normalized spacial score (nSPS) is 15.3. The molecule has 2 aliphatic rings. The fourth-order valence-corrected chi connectivity index (χ4v) is 11.2. The van der Waals surface area contributed by atoms with Gasteiger partial charge in [-0.25, -0.2) is 0 Å². The molecule has 8 aromatic rings. The van der Waals surface area contributed by atoms with Gasteiger partial charge in [-0.1, -0.05) is 123 Å². The van der Waals surface area contributed by atoms with Crippen LogP contribution in [0.4, 0.5) is 0 Å². The van der Waals surface area contributed by atoms with Crippen molar-refractivity contribution in [1.29, 1.82) is 0 Å². The SMILES string of the molecule is CCC1(COCCCCCOCc2ccc(-c3c4ccccc4c(-c4ccc(-c5ccc6sc7ccc(COCCCCCOCC8(CC)COC8)cc7c6c5)cc4)c4ccccc34)cc2)COC1. The van der Waals surface area contributed by atoms with Gasteiger partial charge in [-0.15, -0.1) is 11.3 Å². The van der Waals surface area contributed by atoms with Gasteiger partial charge in [-0.05, 0) is 142 Å². The van der Waals surface area contributed by atoms with E-state index in [0.29, 0.717) is 13.2 Å². The molecule has 0 amide bonds. The predicted octanol–water partition coefficient (Wildman–Crippen LogP) is 15.6. The topological polar surface area (TPSA) is 55.4 Å². The fraction of sp³-hybridized carbons (Fsp3) is 0.387. The lowest BCUT2D eigenvalue weighted by Gasteiger charge is -2.40. The number of benzene rings is 7. The van der Waals surface area contributed by atoms with Gasteiger partial charge in [0.05, 0.1) is 52.9 Å². The monoisotopic (exact) mass is 940 g/mol. The molecule has 358 valence electrons. The van der Waals surface area contributed by atoms with Crippen molar-refractivity contribution in [3.63, 3.8) is 0 Å². The summed E-state index contributed by atoms with van der Waals surface area (Å²) in [5.74, 6) is 0. The van der Waals surface area contributed by atoms with Crippen LogP contribution in [0.3, 0.4) is 0 Å². The quantitative estimate of drug-likeness (QED) is 0.0420. The minimum Gasteiger partial charge on any atom is -0.381 e. The van der Waals surface area contributed by atoms with Crippen LogP contribution in [-0.2, 0) is 41.6 Å². The Morgan fingerprint density at radius 1 is 0.406 bits per heavy atom. The second-order valence-corrected chi connectivity index (χ2v) is 20.9. The van der Waals surface area contributed by atoms with Crippen LogP contribution in [0.1, 0.15) is 76.3 Å². The van der Waals surface area contributed by atoms with Crippen LogP contribution in [0, 0.1) is 10.8 Å². The van der Waals surface area contributed by atoms with Gasteiger partial charge in [0.1, 0.15) is 0 Å². The molecular weight excluding hydrogens is 873 g/mol. The number of rotatable bonds is 25. The summed E-state index contributed by atoms with van der Waals surface area (Å²) in [6.07, 6.45) is 8.73. The molecule has 2 fully saturated rings. The van der Waals surface area contributed by atoms with E-state index < -0.39 is 0 Å². The minimum atomic E-state index is 0.263. The number of unbranched alkanes of at least 4 members (excludes halogenated alkanes) is 4. The van der Waals surface area contributed by atoms with Crippen LogP contribution in [0.5, 0.6) is 0 Å². The lowest BCUT2D eigenvalue weighted by molar-refractivity contribution is -0.150. The highest BCUT2D eigenvalue weighted by Gasteiger charge is 2.37. The molecule has 0 bridgehead atoms. The number of ether oxygens (including phenoxy) is 6. The summed E-state index contributed by atoms with van der Waals surface area (Å²) in [5, 5.41) is 7.64. The molecule has 1 aromatic heterocycles. The van der Waals surface area contributed by atoms with E-state index in [1.807, 2.05) is 11.3 Å². The van der Waals surface area contributed by atoms with E-state index >= 15 is 0 Å². The Morgan fingerprint density at radius 2 is 0.812 bits per heavy atom. The molecule has 69 heavy (non-hydrogen) atoms. The van der Waals surface area contributed by atoms with Crippen LogP contribution in [0.15, 0.2) is 133 Å². The Bertz CT molecular complexity index is 2880. The summed E-state index contributed by atoms with van der Waals surface area (Å²) in [7, 11) is 0. The molecule has 7 heteroatoms. The maximum atomic E-state index is 6.17. The maximum absolute atomic E-state index is 6.17. The van der Waals surface area contributed by atoms with Gasteiger partial charge in [0, 0.05) is 57.4 Å². The van der Waals surface area contributed by atoms with E-state index in [0.717, 1.165) is 117 Å². The molecule has 0 aliphatic carbocycles. The highest BCUT2D eigenvalue weighted by molar-refractivity contribution is 7.25. The first-order valence-electron chi connectivity index (χ1n) is 25.6. The Balaban J connectivity index is 0.778. The summed E-state index contributed by atoms with van der Waals surface area (Å²) in [5.41, 5.74) is 10.4. The van der Waals surface area contributed by atoms with Crippen molar-refractivity contribution in [3.8, 4) is 33.4 Å². The predicted molar refractivity (Wildman–Crippen MR) is 286 cm³/mol. The van der Waals surface area contributed by atoms with Crippen LogP contribution >= 0.6 is 11.3 Å². The van der Waals surface area contributed by atoms with Gasteiger partial charge in [0.25, 0.3) is 0 Å². The molecule has 10 rings (SSSR count). The van der Waals surface area contributed by atoms with E-state index in [2.05, 4.69) is 147 Å². The van der Waals surface area contributed by atoms with Crippen LogP contribution in [-0.4, -0.2) is 66.1 Å². The number of thiophene rings is 1. The van der Waals surface area contributed by atoms with Crippen molar-refractivity contribution in [3.05, 3.63) is 145 Å². The molecule has 0 spiro atoms. The van der Waals surface area contributed by atoms with E-state index in [9.17, 15) is 0 Å². The third-order valence-corrected chi connectivity index (χ3v) is 16.0. The lowest BCUT2D eigenvalue weighted by Crippen LogP contribution is -2.45. The van der Waals surface area contributed by atoms with E-state index in [1.165, 1.54) is 86.2 Å². The standard InChI is InChI=1S/C62H68O6S/c1-3-61(41-67-42-61)39-65-33-13-5-11-31-63-37-45-19-22-48(23-20-45)59-51-15-7-9-17-53(51)60(54-18-10-8-16-52(54)59)49-26-24-47(25-27-49)50-28-30-58-56(36-50)55-35-46(21-29-57(55)69-58)38-64-32-12-6-14-34-66-40-62(4-2)43-68-44-62/h7-10,15-30,35-36H,3-6,11-14,31-34,37-44H2,1-2H3. The zero-order chi connectivity index (χ0) is 46.9. The van der Waals surface area contributed by atoms with Gasteiger partial charge in [-0.3, -0.25) is 0 Å². The van der Waals surface area contributed by atoms with Gasteiger partial charge in [0.15, 0.2) is 0 Å². The van der Waals surface area contributed by atoms with Gasteiger partial charge in [0.2, 0.25) is 0 Å². The third kappa shape index (κ3) is 10.9. The number of hydrogen-bond acceptors (Lipinski definition) is 7. The Morgan fingerprint density at radius 3 is 1.29 bits per heavy atom. The molecule has 6 nitrogen and oxygen atoms in total. The molecule has 0 unspecified atom stereocenters. The molecule has 0 saturated carbocycles. The number of hydrogen-bond donors (Lipinski definition) is 0. The third-order valence-electron chi connectivity index (χ3n) is 14.9. The average molecular weight is 941 g/mol. The molecular formula is C62H68O6S. The van der Waals surface area contributed by atoms with Crippen molar-refractivity contribution in [2.24, 2.45) is 10.8 Å². The Kier molecular flexibility index (Phi) is 15.5. The molecule has 7 aromatic carbocycles. The van der Waals surface area contributed by atoms with Gasteiger partial charge in [-0.2, -0.15) is 0 Å². The molecule has 2 saturated heterocycles. The van der Waals surface area contributed by atoms with Crippen molar-refractivity contribution in [2.75, 3.05) is 66.1 Å². The van der Waals surface area contributed by atoms with Crippen LogP contribution < -0.4 is 0 Å². The first kappa shape index (κ1) is 47.7. The second kappa shape index (κ2) is 22.4. The van der Waals surface area contributed by atoms with E-state index in [4.69, 9.17) is 28.4 Å². The maximum Gasteiger partial charge on any atom is 0.0717 e. The average Bonchev–Trinajstić information content (AvgIpc) is 3.73. The van der Waals surface area contributed by atoms with E-state index in [-0.39, 0.29) is 10.8 Å². The summed E-state index contributed by atoms with van der Waals surface area (Å²) < 4.78 is 37.7. The zero-order valence-corrected chi connectivity index (χ0v) is 41.5. The van der Waals surface area contributed by atoms with Crippen LogP contribution in [0.25, 0.3) is 75.1 Å². The number of fused-ring (bicyclic) bond motifs is 5. The van der Waals surface area contributed by atoms with Gasteiger partial charge >= 0.3 is 0 Å². The molecule has 0 radical (unpaired) electrons. The Hall–Kier alpha value is -4.96.